The SMILES string of the molecule is Cc1cc(NC(=O)CN2CCC[C@@H]2c2ccc(Cl)cc2)no1. The van der Waals surface area contributed by atoms with Crippen molar-refractivity contribution >= 4 is 23.3 Å². The highest BCUT2D eigenvalue weighted by atomic mass is 35.5. The van der Waals surface area contributed by atoms with Crippen molar-refractivity contribution in [3.8, 4) is 0 Å². The first-order chi connectivity index (χ1) is 10.6. The van der Waals surface area contributed by atoms with Crippen LogP contribution in [0.5, 0.6) is 0 Å². The molecule has 1 aliphatic heterocycles. The van der Waals surface area contributed by atoms with Crippen LogP contribution >= 0.6 is 11.6 Å². The molecule has 0 unspecified atom stereocenters. The standard InChI is InChI=1S/C16H18ClN3O2/c1-11-9-15(19-22-11)18-16(21)10-20-8-2-3-14(20)12-4-6-13(17)7-5-12/h4-7,9,14H,2-3,8,10H2,1H3,(H,18,19,21)/t14-/m1/s1. The Labute approximate surface area is 134 Å². The number of anilines is 1. The first-order valence-corrected chi connectivity index (χ1v) is 7.72. The van der Waals surface area contributed by atoms with E-state index in [0.717, 1.165) is 24.4 Å². The Kier molecular flexibility index (Phi) is 4.45. The van der Waals surface area contributed by atoms with Crippen LogP contribution in [0, 0.1) is 6.92 Å². The summed E-state index contributed by atoms with van der Waals surface area (Å²) in [5.41, 5.74) is 1.20. The first kappa shape index (κ1) is 15.1. The molecule has 0 spiro atoms. The van der Waals surface area contributed by atoms with Crippen LogP contribution in [0.1, 0.15) is 30.2 Å². The van der Waals surface area contributed by atoms with Crippen molar-refractivity contribution in [1.82, 2.24) is 10.1 Å². The second-order valence-electron chi connectivity index (χ2n) is 5.55. The summed E-state index contributed by atoms with van der Waals surface area (Å²) in [5.74, 6) is 1.06. The lowest BCUT2D eigenvalue weighted by Crippen LogP contribution is -2.33. The zero-order chi connectivity index (χ0) is 15.5. The number of benzene rings is 1. The van der Waals surface area contributed by atoms with Gasteiger partial charge in [-0.1, -0.05) is 28.9 Å². The normalized spacial score (nSPS) is 18.5. The molecule has 0 bridgehead atoms. The lowest BCUT2D eigenvalue weighted by atomic mass is 10.0. The van der Waals surface area contributed by atoms with Gasteiger partial charge in [-0.25, -0.2) is 0 Å². The van der Waals surface area contributed by atoms with E-state index in [1.165, 1.54) is 5.56 Å². The van der Waals surface area contributed by atoms with Gasteiger partial charge in [0.1, 0.15) is 5.76 Å². The molecule has 3 rings (SSSR count). The molecule has 1 amide bonds. The second-order valence-corrected chi connectivity index (χ2v) is 5.99. The van der Waals surface area contributed by atoms with E-state index in [-0.39, 0.29) is 11.9 Å². The van der Waals surface area contributed by atoms with Crippen LogP contribution in [0.4, 0.5) is 5.82 Å². The number of halogens is 1. The number of carbonyl (C=O) groups is 1. The van der Waals surface area contributed by atoms with Crippen LogP contribution in [-0.2, 0) is 4.79 Å². The highest BCUT2D eigenvalue weighted by Gasteiger charge is 2.27. The van der Waals surface area contributed by atoms with Crippen molar-refractivity contribution in [3.63, 3.8) is 0 Å². The van der Waals surface area contributed by atoms with Gasteiger partial charge in [0, 0.05) is 17.1 Å². The minimum absolute atomic E-state index is 0.0748. The molecule has 0 aliphatic carbocycles. The number of aromatic nitrogens is 1. The van der Waals surface area contributed by atoms with E-state index in [1.807, 2.05) is 24.3 Å². The Morgan fingerprint density at radius 3 is 2.91 bits per heavy atom. The fraction of sp³-hybridized carbons (Fsp3) is 0.375. The highest BCUT2D eigenvalue weighted by molar-refractivity contribution is 6.30. The van der Waals surface area contributed by atoms with Gasteiger partial charge in [0.2, 0.25) is 5.91 Å². The number of rotatable bonds is 4. The van der Waals surface area contributed by atoms with E-state index in [4.69, 9.17) is 16.1 Å². The minimum atomic E-state index is -0.0748. The van der Waals surface area contributed by atoms with Crippen molar-refractivity contribution in [3.05, 3.63) is 46.7 Å². The molecule has 1 fully saturated rings. The van der Waals surface area contributed by atoms with E-state index in [2.05, 4.69) is 15.4 Å². The van der Waals surface area contributed by atoms with E-state index in [9.17, 15) is 4.79 Å². The summed E-state index contributed by atoms with van der Waals surface area (Å²) in [6.45, 7) is 3.05. The van der Waals surface area contributed by atoms with Crippen LogP contribution < -0.4 is 5.32 Å². The molecule has 5 nitrogen and oxygen atoms in total. The van der Waals surface area contributed by atoms with E-state index < -0.39 is 0 Å². The Balaban J connectivity index is 1.63. The Hall–Kier alpha value is -1.85. The smallest absolute Gasteiger partial charge is 0.239 e. The van der Waals surface area contributed by atoms with Gasteiger partial charge in [-0.05, 0) is 44.0 Å². The molecule has 22 heavy (non-hydrogen) atoms. The lowest BCUT2D eigenvalue weighted by Gasteiger charge is -2.24. The number of likely N-dealkylation sites (tertiary alicyclic amines) is 1. The molecule has 2 aromatic rings. The zero-order valence-electron chi connectivity index (χ0n) is 12.4. The number of aryl methyl sites for hydroxylation is 1. The van der Waals surface area contributed by atoms with Crippen LogP contribution in [0.15, 0.2) is 34.9 Å². The summed E-state index contributed by atoms with van der Waals surface area (Å²) in [6.07, 6.45) is 2.14. The van der Waals surface area contributed by atoms with Crippen LogP contribution in [0.3, 0.4) is 0 Å². The predicted octanol–water partition coefficient (Wildman–Crippen LogP) is 3.41. The topological polar surface area (TPSA) is 58.4 Å². The van der Waals surface area contributed by atoms with Gasteiger partial charge in [-0.15, -0.1) is 0 Å². The maximum atomic E-state index is 12.2. The van der Waals surface area contributed by atoms with Gasteiger partial charge in [0.25, 0.3) is 0 Å². The molecule has 1 saturated heterocycles. The first-order valence-electron chi connectivity index (χ1n) is 7.34. The highest BCUT2D eigenvalue weighted by Crippen LogP contribution is 2.32. The van der Waals surface area contributed by atoms with Crippen LogP contribution in [0.25, 0.3) is 0 Å². The van der Waals surface area contributed by atoms with Crippen LogP contribution in [-0.4, -0.2) is 29.1 Å². The third-order valence-corrected chi connectivity index (χ3v) is 4.11. The summed E-state index contributed by atoms with van der Waals surface area (Å²) in [6, 6.07) is 9.83. The third-order valence-electron chi connectivity index (χ3n) is 3.86. The third kappa shape index (κ3) is 3.48. The van der Waals surface area contributed by atoms with Crippen molar-refractivity contribution in [2.75, 3.05) is 18.4 Å². The van der Waals surface area contributed by atoms with Crippen LogP contribution in [0.2, 0.25) is 5.02 Å². The maximum absolute atomic E-state index is 12.2. The maximum Gasteiger partial charge on any atom is 0.239 e. The average molecular weight is 320 g/mol. The molecule has 1 aromatic carbocycles. The molecule has 116 valence electrons. The lowest BCUT2D eigenvalue weighted by molar-refractivity contribution is -0.117. The molecule has 6 heteroatoms. The van der Waals surface area contributed by atoms with Crippen molar-refractivity contribution in [2.45, 2.75) is 25.8 Å². The number of hydrogen-bond donors (Lipinski definition) is 1. The number of nitrogens with one attached hydrogen (secondary N) is 1. The van der Waals surface area contributed by atoms with E-state index in [0.29, 0.717) is 18.1 Å². The molecule has 0 radical (unpaired) electrons. The quantitative estimate of drug-likeness (QED) is 0.938. The molecule has 0 saturated carbocycles. The summed E-state index contributed by atoms with van der Waals surface area (Å²) in [4.78, 5) is 14.3. The minimum Gasteiger partial charge on any atom is -0.360 e. The largest absolute Gasteiger partial charge is 0.360 e. The summed E-state index contributed by atoms with van der Waals surface area (Å²) < 4.78 is 4.95. The molecule has 1 atom stereocenters. The molecular weight excluding hydrogens is 302 g/mol. The number of carbonyl (C=O) groups excluding carboxylic acids is 1. The van der Waals surface area contributed by atoms with Gasteiger partial charge in [-0.3, -0.25) is 9.69 Å². The van der Waals surface area contributed by atoms with Gasteiger partial charge < -0.3 is 9.84 Å². The number of hydrogen-bond acceptors (Lipinski definition) is 4. The van der Waals surface area contributed by atoms with Crippen molar-refractivity contribution < 1.29 is 9.32 Å². The average Bonchev–Trinajstić information content (AvgIpc) is 3.09. The summed E-state index contributed by atoms with van der Waals surface area (Å²) in [7, 11) is 0. The fourth-order valence-electron chi connectivity index (χ4n) is 2.87. The Bertz CT molecular complexity index is 654. The van der Waals surface area contributed by atoms with Gasteiger partial charge in [0.15, 0.2) is 5.82 Å². The Morgan fingerprint density at radius 1 is 1.45 bits per heavy atom. The molecule has 2 heterocycles. The number of amides is 1. The monoisotopic (exact) mass is 319 g/mol. The van der Waals surface area contributed by atoms with Gasteiger partial charge >= 0.3 is 0 Å². The zero-order valence-corrected chi connectivity index (χ0v) is 13.1. The van der Waals surface area contributed by atoms with Crippen molar-refractivity contribution in [1.29, 1.82) is 0 Å². The second kappa shape index (κ2) is 6.50. The predicted molar refractivity (Wildman–Crippen MR) is 84.9 cm³/mol. The Morgan fingerprint density at radius 2 is 2.23 bits per heavy atom. The molecule has 1 aromatic heterocycles. The molecule has 1 N–H and O–H groups in total. The van der Waals surface area contributed by atoms with E-state index in [1.54, 1.807) is 13.0 Å². The summed E-state index contributed by atoms with van der Waals surface area (Å²) >= 11 is 5.94. The summed E-state index contributed by atoms with van der Waals surface area (Å²) in [5, 5.41) is 7.27. The van der Waals surface area contributed by atoms with Gasteiger partial charge in [0.05, 0.1) is 6.54 Å². The number of nitrogens with zero attached hydrogens (tertiary/aromatic N) is 2. The molecule has 1 aliphatic rings. The van der Waals surface area contributed by atoms with Gasteiger partial charge in [-0.2, -0.15) is 0 Å². The van der Waals surface area contributed by atoms with E-state index >= 15 is 0 Å². The van der Waals surface area contributed by atoms with Crippen molar-refractivity contribution in [2.24, 2.45) is 0 Å². The fourth-order valence-corrected chi connectivity index (χ4v) is 3.00. The molecular formula is C16H18ClN3O2.